The first-order chi connectivity index (χ1) is 15.2. The first kappa shape index (κ1) is 20.3. The van der Waals surface area contributed by atoms with Crippen molar-refractivity contribution in [3.05, 3.63) is 53.6 Å². The summed E-state index contributed by atoms with van der Waals surface area (Å²) in [6.45, 7) is 5.90. The average molecular weight is 422 g/mol. The molecule has 0 spiro atoms. The predicted molar refractivity (Wildman–Crippen MR) is 121 cm³/mol. The lowest BCUT2D eigenvalue weighted by Crippen LogP contribution is -2.33. The molecule has 1 N–H and O–H groups in total. The van der Waals surface area contributed by atoms with E-state index in [-0.39, 0.29) is 11.9 Å². The van der Waals surface area contributed by atoms with E-state index in [1.54, 1.807) is 0 Å². The van der Waals surface area contributed by atoms with Gasteiger partial charge >= 0.3 is 0 Å². The summed E-state index contributed by atoms with van der Waals surface area (Å²) in [5.74, 6) is 1.66. The molecule has 1 atom stereocenters. The minimum atomic E-state index is 0.0386. The quantitative estimate of drug-likeness (QED) is 0.768. The fourth-order valence-corrected chi connectivity index (χ4v) is 4.94. The Morgan fingerprint density at radius 3 is 2.52 bits per heavy atom. The molecule has 2 aromatic carbocycles. The van der Waals surface area contributed by atoms with Gasteiger partial charge in [-0.15, -0.1) is 0 Å². The molecule has 1 amide bonds. The zero-order chi connectivity index (χ0) is 21.0. The Hall–Kier alpha value is -2.57. The van der Waals surface area contributed by atoms with Gasteiger partial charge in [-0.05, 0) is 80.7 Å². The number of hydrogen-bond donors (Lipinski definition) is 1. The van der Waals surface area contributed by atoms with E-state index in [9.17, 15) is 4.79 Å². The molecule has 31 heavy (non-hydrogen) atoms. The maximum Gasteiger partial charge on any atom is 0.238 e. The SMILES string of the molecule is O=C(CN1CCCC1c1ccc2c(c1)OCCO2)Nc1ccc(CN2CCCC2)cc1. The summed E-state index contributed by atoms with van der Waals surface area (Å²) in [7, 11) is 0. The lowest BCUT2D eigenvalue weighted by Gasteiger charge is -2.26. The van der Waals surface area contributed by atoms with Crippen LogP contribution in [0.5, 0.6) is 11.5 Å². The van der Waals surface area contributed by atoms with Crippen LogP contribution in [0.3, 0.4) is 0 Å². The predicted octanol–water partition coefficient (Wildman–Crippen LogP) is 3.83. The topological polar surface area (TPSA) is 54.0 Å². The summed E-state index contributed by atoms with van der Waals surface area (Å²) in [6.07, 6.45) is 4.76. The van der Waals surface area contributed by atoms with Crippen LogP contribution in [0.25, 0.3) is 0 Å². The van der Waals surface area contributed by atoms with Crippen LogP contribution in [-0.2, 0) is 11.3 Å². The number of benzene rings is 2. The highest BCUT2D eigenvalue weighted by molar-refractivity contribution is 5.92. The maximum absolute atomic E-state index is 12.7. The van der Waals surface area contributed by atoms with Crippen molar-refractivity contribution in [1.82, 2.24) is 9.80 Å². The monoisotopic (exact) mass is 421 g/mol. The molecule has 3 aliphatic rings. The molecular formula is C25H31N3O3. The Bertz CT molecular complexity index is 909. The van der Waals surface area contributed by atoms with Gasteiger partial charge in [-0.1, -0.05) is 18.2 Å². The van der Waals surface area contributed by atoms with Crippen molar-refractivity contribution in [2.75, 3.05) is 44.7 Å². The smallest absolute Gasteiger partial charge is 0.238 e. The van der Waals surface area contributed by atoms with E-state index in [0.717, 1.165) is 43.1 Å². The zero-order valence-corrected chi connectivity index (χ0v) is 18.0. The van der Waals surface area contributed by atoms with Gasteiger partial charge in [0.15, 0.2) is 11.5 Å². The van der Waals surface area contributed by atoms with Crippen LogP contribution in [0, 0.1) is 0 Å². The molecular weight excluding hydrogens is 390 g/mol. The van der Waals surface area contributed by atoms with Crippen molar-refractivity contribution >= 4 is 11.6 Å². The molecule has 2 aromatic rings. The summed E-state index contributed by atoms with van der Waals surface area (Å²) in [5, 5.41) is 3.07. The molecule has 0 saturated carbocycles. The van der Waals surface area contributed by atoms with Crippen molar-refractivity contribution in [3.8, 4) is 11.5 Å². The van der Waals surface area contributed by atoms with Crippen LogP contribution in [0.2, 0.25) is 0 Å². The second-order valence-corrected chi connectivity index (χ2v) is 8.76. The highest BCUT2D eigenvalue weighted by Crippen LogP contribution is 2.37. The van der Waals surface area contributed by atoms with E-state index in [0.29, 0.717) is 19.8 Å². The van der Waals surface area contributed by atoms with Gasteiger partial charge in [0, 0.05) is 18.3 Å². The second-order valence-electron chi connectivity index (χ2n) is 8.76. The van der Waals surface area contributed by atoms with E-state index < -0.39 is 0 Å². The fraction of sp³-hybridized carbons (Fsp3) is 0.480. The van der Waals surface area contributed by atoms with Gasteiger partial charge in [-0.2, -0.15) is 0 Å². The minimum Gasteiger partial charge on any atom is -0.486 e. The molecule has 3 aliphatic heterocycles. The lowest BCUT2D eigenvalue weighted by atomic mass is 10.0. The molecule has 0 aliphatic carbocycles. The summed E-state index contributed by atoms with van der Waals surface area (Å²) in [4.78, 5) is 17.5. The minimum absolute atomic E-state index is 0.0386. The Morgan fingerprint density at radius 1 is 0.935 bits per heavy atom. The van der Waals surface area contributed by atoms with Gasteiger partial charge in [0.05, 0.1) is 6.54 Å². The molecule has 2 saturated heterocycles. The number of nitrogens with one attached hydrogen (secondary N) is 1. The van der Waals surface area contributed by atoms with Crippen LogP contribution < -0.4 is 14.8 Å². The maximum atomic E-state index is 12.7. The number of carbonyl (C=O) groups excluding carboxylic acids is 1. The van der Waals surface area contributed by atoms with Gasteiger partial charge in [0.25, 0.3) is 0 Å². The normalized spacial score (nSPS) is 21.4. The van der Waals surface area contributed by atoms with E-state index in [4.69, 9.17) is 9.47 Å². The fourth-order valence-electron chi connectivity index (χ4n) is 4.94. The molecule has 0 aromatic heterocycles. The van der Waals surface area contributed by atoms with Crippen LogP contribution >= 0.6 is 0 Å². The highest BCUT2D eigenvalue weighted by atomic mass is 16.6. The van der Waals surface area contributed by atoms with E-state index in [1.165, 1.54) is 37.1 Å². The number of nitrogens with zero attached hydrogens (tertiary/aromatic N) is 2. The van der Waals surface area contributed by atoms with Crippen LogP contribution in [0.4, 0.5) is 5.69 Å². The number of anilines is 1. The lowest BCUT2D eigenvalue weighted by molar-refractivity contribution is -0.117. The number of ether oxygens (including phenoxy) is 2. The molecule has 0 radical (unpaired) electrons. The Morgan fingerprint density at radius 2 is 1.71 bits per heavy atom. The van der Waals surface area contributed by atoms with Crippen molar-refractivity contribution in [2.24, 2.45) is 0 Å². The van der Waals surface area contributed by atoms with Crippen LogP contribution in [-0.4, -0.2) is 55.1 Å². The third-order valence-corrected chi connectivity index (χ3v) is 6.50. The van der Waals surface area contributed by atoms with Crippen molar-refractivity contribution < 1.29 is 14.3 Å². The molecule has 164 valence electrons. The standard InChI is InChI=1S/C25H31N3O3/c29-25(26-21-8-5-19(6-9-21)17-27-11-1-2-12-27)18-28-13-3-4-22(28)20-7-10-23-24(16-20)31-15-14-30-23/h5-10,16,22H,1-4,11-15,17-18H2,(H,26,29). The summed E-state index contributed by atoms with van der Waals surface area (Å²) >= 11 is 0. The number of hydrogen-bond acceptors (Lipinski definition) is 5. The average Bonchev–Trinajstić information content (AvgIpc) is 3.47. The summed E-state index contributed by atoms with van der Waals surface area (Å²) in [5.41, 5.74) is 3.36. The molecule has 2 fully saturated rings. The van der Waals surface area contributed by atoms with Gasteiger partial charge < -0.3 is 14.8 Å². The third-order valence-electron chi connectivity index (χ3n) is 6.50. The zero-order valence-electron chi connectivity index (χ0n) is 18.0. The first-order valence-electron chi connectivity index (χ1n) is 11.5. The number of amides is 1. The number of fused-ring (bicyclic) bond motifs is 1. The molecule has 1 unspecified atom stereocenters. The van der Waals surface area contributed by atoms with Gasteiger partial charge in [-0.25, -0.2) is 0 Å². The van der Waals surface area contributed by atoms with E-state index in [2.05, 4.69) is 39.4 Å². The molecule has 3 heterocycles. The van der Waals surface area contributed by atoms with E-state index in [1.807, 2.05) is 18.2 Å². The summed E-state index contributed by atoms with van der Waals surface area (Å²) in [6, 6.07) is 14.7. The molecule has 6 heteroatoms. The number of likely N-dealkylation sites (tertiary alicyclic amines) is 2. The summed E-state index contributed by atoms with van der Waals surface area (Å²) < 4.78 is 11.4. The molecule has 6 nitrogen and oxygen atoms in total. The van der Waals surface area contributed by atoms with E-state index >= 15 is 0 Å². The number of carbonyl (C=O) groups is 1. The van der Waals surface area contributed by atoms with Crippen molar-refractivity contribution in [2.45, 2.75) is 38.3 Å². The van der Waals surface area contributed by atoms with Crippen molar-refractivity contribution in [3.63, 3.8) is 0 Å². The Balaban J connectivity index is 1.18. The van der Waals surface area contributed by atoms with Gasteiger partial charge in [0.1, 0.15) is 13.2 Å². The van der Waals surface area contributed by atoms with Gasteiger partial charge in [0.2, 0.25) is 5.91 Å². The van der Waals surface area contributed by atoms with Crippen molar-refractivity contribution in [1.29, 1.82) is 0 Å². The van der Waals surface area contributed by atoms with Crippen LogP contribution in [0.1, 0.15) is 42.9 Å². The Kier molecular flexibility index (Phi) is 6.09. The van der Waals surface area contributed by atoms with Gasteiger partial charge in [-0.3, -0.25) is 14.6 Å². The second kappa shape index (κ2) is 9.28. The van der Waals surface area contributed by atoms with Crippen LogP contribution in [0.15, 0.2) is 42.5 Å². The number of rotatable bonds is 6. The largest absolute Gasteiger partial charge is 0.486 e. The molecule has 0 bridgehead atoms. The molecule has 5 rings (SSSR count). The highest BCUT2D eigenvalue weighted by Gasteiger charge is 2.28. The first-order valence-corrected chi connectivity index (χ1v) is 11.5. The Labute approximate surface area is 184 Å². The third kappa shape index (κ3) is 4.86.